The normalized spacial score (nSPS) is 12.0. The molecule has 248 valence electrons. The van der Waals surface area contributed by atoms with E-state index in [1.807, 2.05) is 0 Å². The van der Waals surface area contributed by atoms with Crippen molar-refractivity contribution >= 4 is 0 Å². The van der Waals surface area contributed by atoms with E-state index in [1.165, 1.54) is 0 Å². The minimum absolute atomic E-state index is 0.122. The molecule has 12 heteroatoms. The predicted molar refractivity (Wildman–Crippen MR) is 154 cm³/mol. The van der Waals surface area contributed by atoms with Gasteiger partial charge in [-0.3, -0.25) is 0 Å². The number of aliphatic hydroxyl groups excluding tert-OH is 4. The molecule has 0 saturated heterocycles. The summed E-state index contributed by atoms with van der Waals surface area (Å²) in [6.45, 7) is 8.60. The fraction of sp³-hybridized carbons (Fsp3) is 1.00. The van der Waals surface area contributed by atoms with Crippen LogP contribution in [0.4, 0.5) is 0 Å². The molecule has 0 atom stereocenters. The molecule has 0 aromatic carbocycles. The minimum Gasteiger partial charge on any atom is -0.396 e. The number of ether oxygens (including phenoxy) is 8. The van der Waals surface area contributed by atoms with Crippen LogP contribution in [-0.4, -0.2) is 153 Å². The Kier molecular flexibility index (Phi) is 33.6. The highest BCUT2D eigenvalue weighted by molar-refractivity contribution is 4.79. The molecule has 0 saturated carbocycles. The first-order valence-electron chi connectivity index (χ1n) is 15.3. The zero-order valence-corrected chi connectivity index (χ0v) is 25.4. The maximum absolute atomic E-state index is 8.87. The minimum atomic E-state index is -0.509. The van der Waals surface area contributed by atoms with Crippen molar-refractivity contribution in [1.29, 1.82) is 0 Å². The highest BCUT2D eigenvalue weighted by Gasteiger charge is 2.32. The van der Waals surface area contributed by atoms with E-state index in [2.05, 4.69) is 0 Å². The van der Waals surface area contributed by atoms with Crippen molar-refractivity contribution in [2.24, 2.45) is 5.41 Å². The van der Waals surface area contributed by atoms with E-state index in [-0.39, 0.29) is 26.4 Å². The Labute approximate surface area is 247 Å². The third-order valence-electron chi connectivity index (χ3n) is 5.73. The summed E-state index contributed by atoms with van der Waals surface area (Å²) in [4.78, 5) is 0. The van der Waals surface area contributed by atoms with Gasteiger partial charge in [0.05, 0.1) is 31.8 Å². The molecule has 12 nitrogen and oxygen atoms in total. The summed E-state index contributed by atoms with van der Waals surface area (Å²) in [5.41, 5.74) is -0.509. The molecule has 0 aliphatic heterocycles. The molecule has 0 unspecified atom stereocenters. The summed E-state index contributed by atoms with van der Waals surface area (Å²) in [6, 6.07) is 0. The lowest BCUT2D eigenvalue weighted by atomic mass is 9.92. The quantitative estimate of drug-likeness (QED) is 0.0764. The van der Waals surface area contributed by atoms with Crippen LogP contribution in [0.15, 0.2) is 0 Å². The number of hydrogen-bond acceptors (Lipinski definition) is 12. The van der Waals surface area contributed by atoms with Crippen LogP contribution in [0.2, 0.25) is 0 Å². The highest BCUT2D eigenvalue weighted by atomic mass is 16.5. The lowest BCUT2D eigenvalue weighted by Gasteiger charge is -2.33. The first kappa shape index (κ1) is 40.5. The standard InChI is InChI=1S/C29H60O12/c30-9-1-13-34-17-5-21-38-25-29(26-39-22-6-18-35-14-2-10-31,27-40-23-7-19-36-15-3-11-32)28-41-24-8-20-37-16-4-12-33/h30-33H,1-28H2. The van der Waals surface area contributed by atoms with Gasteiger partial charge < -0.3 is 58.3 Å². The Morgan fingerprint density at radius 2 is 0.463 bits per heavy atom. The summed E-state index contributed by atoms with van der Waals surface area (Å²) in [5, 5.41) is 35.5. The summed E-state index contributed by atoms with van der Waals surface area (Å²) in [6.07, 6.45) is 5.47. The van der Waals surface area contributed by atoms with Crippen molar-refractivity contribution in [3.63, 3.8) is 0 Å². The third-order valence-corrected chi connectivity index (χ3v) is 5.73. The van der Waals surface area contributed by atoms with Crippen molar-refractivity contribution in [1.82, 2.24) is 0 Å². The van der Waals surface area contributed by atoms with Gasteiger partial charge in [0, 0.05) is 106 Å². The Hall–Kier alpha value is -0.480. The summed E-state index contributed by atoms with van der Waals surface area (Å²) in [7, 11) is 0. The first-order chi connectivity index (χ1) is 20.2. The maximum atomic E-state index is 8.87. The number of aliphatic hydroxyl groups is 4. The van der Waals surface area contributed by atoms with E-state index in [0.29, 0.717) is 131 Å². The lowest BCUT2D eigenvalue weighted by Crippen LogP contribution is -2.42. The number of hydrogen-bond donors (Lipinski definition) is 4. The van der Waals surface area contributed by atoms with Crippen molar-refractivity contribution in [2.75, 3.05) is 132 Å². The zero-order chi connectivity index (χ0) is 30.0. The van der Waals surface area contributed by atoms with Gasteiger partial charge in [-0.2, -0.15) is 0 Å². The van der Waals surface area contributed by atoms with Gasteiger partial charge in [0.1, 0.15) is 0 Å². The Morgan fingerprint density at radius 1 is 0.268 bits per heavy atom. The van der Waals surface area contributed by atoms with E-state index in [9.17, 15) is 0 Å². The van der Waals surface area contributed by atoms with Crippen LogP contribution in [0.3, 0.4) is 0 Å². The Bertz CT molecular complexity index is 401. The van der Waals surface area contributed by atoms with E-state index in [1.54, 1.807) is 0 Å². The Morgan fingerprint density at radius 3 is 0.683 bits per heavy atom. The van der Waals surface area contributed by atoms with Crippen LogP contribution >= 0.6 is 0 Å². The average molecular weight is 601 g/mol. The summed E-state index contributed by atoms with van der Waals surface area (Å²) < 4.78 is 46.2. The molecule has 0 amide bonds. The molecule has 0 aromatic rings. The monoisotopic (exact) mass is 600 g/mol. The molecule has 0 heterocycles. The van der Waals surface area contributed by atoms with Crippen LogP contribution in [0.25, 0.3) is 0 Å². The fourth-order valence-corrected chi connectivity index (χ4v) is 3.53. The molecule has 0 radical (unpaired) electrons. The zero-order valence-electron chi connectivity index (χ0n) is 25.4. The Balaban J connectivity index is 4.82. The predicted octanol–water partition coefficient (Wildman–Crippen LogP) is 1.20. The van der Waals surface area contributed by atoms with Crippen LogP contribution < -0.4 is 0 Å². The first-order valence-corrected chi connectivity index (χ1v) is 15.3. The molecule has 0 aliphatic rings. The van der Waals surface area contributed by atoms with Crippen molar-refractivity contribution in [3.8, 4) is 0 Å². The summed E-state index contributed by atoms with van der Waals surface area (Å²) >= 11 is 0. The number of rotatable bonds is 36. The van der Waals surface area contributed by atoms with Gasteiger partial charge in [0.25, 0.3) is 0 Å². The van der Waals surface area contributed by atoms with Gasteiger partial charge in [-0.05, 0) is 51.4 Å². The second kappa shape index (κ2) is 34.0. The van der Waals surface area contributed by atoms with Crippen molar-refractivity contribution in [2.45, 2.75) is 51.4 Å². The molecule has 0 fully saturated rings. The molecular formula is C29H60O12. The van der Waals surface area contributed by atoms with Gasteiger partial charge in [-0.15, -0.1) is 0 Å². The third kappa shape index (κ3) is 29.4. The highest BCUT2D eigenvalue weighted by Crippen LogP contribution is 2.21. The molecule has 0 spiro atoms. The largest absolute Gasteiger partial charge is 0.396 e. The van der Waals surface area contributed by atoms with Gasteiger partial charge in [0.15, 0.2) is 0 Å². The van der Waals surface area contributed by atoms with E-state index < -0.39 is 5.41 Å². The van der Waals surface area contributed by atoms with E-state index >= 15 is 0 Å². The molecule has 0 bridgehead atoms. The summed E-state index contributed by atoms with van der Waals surface area (Å²) in [5.74, 6) is 0. The molecule has 0 aliphatic carbocycles. The second-order valence-corrected chi connectivity index (χ2v) is 9.88. The molecule has 0 rings (SSSR count). The van der Waals surface area contributed by atoms with Gasteiger partial charge in [-0.1, -0.05) is 0 Å². The van der Waals surface area contributed by atoms with Crippen LogP contribution in [0, 0.1) is 5.41 Å². The SMILES string of the molecule is OCCCOCCCOCC(COCCCOCCCO)(COCCCOCCCO)COCCCOCCCO. The molecule has 0 aromatic heterocycles. The lowest BCUT2D eigenvalue weighted by molar-refractivity contribution is -0.111. The van der Waals surface area contributed by atoms with Gasteiger partial charge >= 0.3 is 0 Å². The second-order valence-electron chi connectivity index (χ2n) is 9.88. The van der Waals surface area contributed by atoms with E-state index in [0.717, 1.165) is 25.7 Å². The fourth-order valence-electron chi connectivity index (χ4n) is 3.53. The van der Waals surface area contributed by atoms with Gasteiger partial charge in [-0.25, -0.2) is 0 Å². The van der Waals surface area contributed by atoms with Gasteiger partial charge in [0.2, 0.25) is 0 Å². The van der Waals surface area contributed by atoms with Crippen LogP contribution in [0.5, 0.6) is 0 Å². The van der Waals surface area contributed by atoms with Crippen molar-refractivity contribution in [3.05, 3.63) is 0 Å². The topological polar surface area (TPSA) is 155 Å². The van der Waals surface area contributed by atoms with Crippen LogP contribution in [-0.2, 0) is 37.9 Å². The van der Waals surface area contributed by atoms with Crippen LogP contribution in [0.1, 0.15) is 51.4 Å². The molecule has 4 N–H and O–H groups in total. The maximum Gasteiger partial charge on any atom is 0.0637 e. The van der Waals surface area contributed by atoms with E-state index in [4.69, 9.17) is 58.3 Å². The molecule has 41 heavy (non-hydrogen) atoms. The smallest absolute Gasteiger partial charge is 0.0637 e. The molecular weight excluding hydrogens is 540 g/mol. The van der Waals surface area contributed by atoms with Crippen molar-refractivity contribution < 1.29 is 58.3 Å². The average Bonchev–Trinajstić information content (AvgIpc) is 2.98.